The maximum absolute atomic E-state index is 5.23. The van der Waals surface area contributed by atoms with E-state index in [1.165, 1.54) is 0 Å². The molecule has 1 aromatic heterocycles. The Labute approximate surface area is 101 Å². The molecular formula is C13H19N3O. The standard InChI is InChI=1S/C13H19N3O/c1-9(2)13(8-17-3)15-11-5-4-10-7-14-16-12(10)6-11/h4-7,9,13,15H,8H2,1-3H3,(H,14,16). The van der Waals surface area contributed by atoms with Gasteiger partial charge in [-0.25, -0.2) is 0 Å². The topological polar surface area (TPSA) is 49.9 Å². The fourth-order valence-electron chi connectivity index (χ4n) is 1.82. The van der Waals surface area contributed by atoms with Crippen LogP contribution in [0.2, 0.25) is 0 Å². The van der Waals surface area contributed by atoms with Gasteiger partial charge in [0.25, 0.3) is 0 Å². The van der Waals surface area contributed by atoms with Crippen molar-refractivity contribution in [3.8, 4) is 0 Å². The summed E-state index contributed by atoms with van der Waals surface area (Å²) < 4.78 is 5.23. The molecule has 17 heavy (non-hydrogen) atoms. The number of hydrogen-bond acceptors (Lipinski definition) is 3. The number of hydrogen-bond donors (Lipinski definition) is 2. The average Bonchev–Trinajstić information content (AvgIpc) is 2.75. The molecule has 0 spiro atoms. The van der Waals surface area contributed by atoms with Crippen molar-refractivity contribution in [2.24, 2.45) is 5.92 Å². The highest BCUT2D eigenvalue weighted by Crippen LogP contribution is 2.18. The first-order valence-electron chi connectivity index (χ1n) is 5.89. The van der Waals surface area contributed by atoms with Gasteiger partial charge in [-0.1, -0.05) is 13.8 Å². The number of rotatable bonds is 5. The monoisotopic (exact) mass is 233 g/mol. The molecule has 0 radical (unpaired) electrons. The lowest BCUT2D eigenvalue weighted by molar-refractivity contribution is 0.171. The Morgan fingerprint density at radius 2 is 2.24 bits per heavy atom. The first-order valence-corrected chi connectivity index (χ1v) is 5.89. The minimum absolute atomic E-state index is 0.320. The molecule has 0 aliphatic carbocycles. The molecule has 0 aliphatic rings. The maximum atomic E-state index is 5.23. The molecule has 0 fully saturated rings. The fourth-order valence-corrected chi connectivity index (χ4v) is 1.82. The van der Waals surface area contributed by atoms with Crippen molar-refractivity contribution in [1.82, 2.24) is 10.2 Å². The molecule has 92 valence electrons. The lowest BCUT2D eigenvalue weighted by atomic mass is 10.0. The first kappa shape index (κ1) is 11.9. The van der Waals surface area contributed by atoms with Crippen LogP contribution < -0.4 is 5.32 Å². The predicted molar refractivity (Wildman–Crippen MR) is 70.2 cm³/mol. The number of ether oxygens (including phenoxy) is 1. The van der Waals surface area contributed by atoms with Crippen LogP contribution in [0.1, 0.15) is 13.8 Å². The Balaban J connectivity index is 2.15. The minimum atomic E-state index is 0.320. The second kappa shape index (κ2) is 5.19. The third-order valence-electron chi connectivity index (χ3n) is 2.94. The molecule has 2 aromatic rings. The van der Waals surface area contributed by atoms with E-state index in [1.54, 1.807) is 7.11 Å². The molecule has 0 amide bonds. The van der Waals surface area contributed by atoms with Gasteiger partial charge in [-0.2, -0.15) is 5.10 Å². The molecule has 0 saturated carbocycles. The molecule has 1 unspecified atom stereocenters. The van der Waals surface area contributed by atoms with E-state index >= 15 is 0 Å². The van der Waals surface area contributed by atoms with Gasteiger partial charge in [0.05, 0.1) is 24.4 Å². The summed E-state index contributed by atoms with van der Waals surface area (Å²) in [7, 11) is 1.73. The van der Waals surface area contributed by atoms with E-state index in [1.807, 2.05) is 6.20 Å². The van der Waals surface area contributed by atoms with Crippen molar-refractivity contribution < 1.29 is 4.74 Å². The van der Waals surface area contributed by atoms with E-state index in [9.17, 15) is 0 Å². The molecule has 4 heteroatoms. The zero-order valence-electron chi connectivity index (χ0n) is 10.5. The van der Waals surface area contributed by atoms with Crippen LogP contribution in [-0.2, 0) is 4.74 Å². The first-order chi connectivity index (χ1) is 8.20. The smallest absolute Gasteiger partial charge is 0.0670 e. The molecule has 2 N–H and O–H groups in total. The van der Waals surface area contributed by atoms with Crippen LogP contribution in [0, 0.1) is 5.92 Å². The highest BCUT2D eigenvalue weighted by atomic mass is 16.5. The lowest BCUT2D eigenvalue weighted by Crippen LogP contribution is -2.30. The lowest BCUT2D eigenvalue weighted by Gasteiger charge is -2.22. The van der Waals surface area contributed by atoms with Gasteiger partial charge in [0, 0.05) is 18.2 Å². The third-order valence-corrected chi connectivity index (χ3v) is 2.94. The molecule has 4 nitrogen and oxygen atoms in total. The molecule has 0 aliphatic heterocycles. The van der Waals surface area contributed by atoms with Crippen molar-refractivity contribution >= 4 is 16.6 Å². The highest BCUT2D eigenvalue weighted by molar-refractivity contribution is 5.81. The molecule has 0 saturated heterocycles. The highest BCUT2D eigenvalue weighted by Gasteiger charge is 2.12. The molecule has 1 aromatic carbocycles. The number of aromatic amines is 1. The molecule has 0 bridgehead atoms. The van der Waals surface area contributed by atoms with Crippen LogP contribution in [0.5, 0.6) is 0 Å². The Hall–Kier alpha value is -1.55. The Morgan fingerprint density at radius 1 is 1.41 bits per heavy atom. The predicted octanol–water partition coefficient (Wildman–Crippen LogP) is 2.65. The van der Waals surface area contributed by atoms with Crippen molar-refractivity contribution in [2.75, 3.05) is 19.0 Å². The zero-order chi connectivity index (χ0) is 12.3. The third kappa shape index (κ3) is 2.77. The maximum Gasteiger partial charge on any atom is 0.0670 e. The van der Waals surface area contributed by atoms with E-state index in [4.69, 9.17) is 4.74 Å². The van der Waals surface area contributed by atoms with Crippen LogP contribution in [0.3, 0.4) is 0 Å². The van der Waals surface area contributed by atoms with Crippen molar-refractivity contribution in [1.29, 1.82) is 0 Å². The number of methoxy groups -OCH3 is 1. The van der Waals surface area contributed by atoms with E-state index in [-0.39, 0.29) is 0 Å². The summed E-state index contributed by atoms with van der Waals surface area (Å²) in [4.78, 5) is 0. The summed E-state index contributed by atoms with van der Waals surface area (Å²) in [5.41, 5.74) is 2.15. The summed E-state index contributed by atoms with van der Waals surface area (Å²) in [6, 6.07) is 6.53. The van der Waals surface area contributed by atoms with Crippen LogP contribution >= 0.6 is 0 Å². The number of aromatic nitrogens is 2. The van der Waals surface area contributed by atoms with Crippen LogP contribution in [-0.4, -0.2) is 30.0 Å². The van der Waals surface area contributed by atoms with E-state index in [2.05, 4.69) is 47.6 Å². The fraction of sp³-hybridized carbons (Fsp3) is 0.462. The summed E-state index contributed by atoms with van der Waals surface area (Å²) >= 11 is 0. The molecular weight excluding hydrogens is 214 g/mol. The number of benzene rings is 1. The summed E-state index contributed by atoms with van der Waals surface area (Å²) in [5.74, 6) is 0.521. The Morgan fingerprint density at radius 3 is 2.94 bits per heavy atom. The van der Waals surface area contributed by atoms with E-state index in [0.717, 1.165) is 16.6 Å². The quantitative estimate of drug-likeness (QED) is 0.834. The zero-order valence-corrected chi connectivity index (χ0v) is 10.5. The van der Waals surface area contributed by atoms with Crippen molar-refractivity contribution in [3.63, 3.8) is 0 Å². The van der Waals surface area contributed by atoms with Gasteiger partial charge in [0.1, 0.15) is 0 Å². The van der Waals surface area contributed by atoms with Crippen molar-refractivity contribution in [3.05, 3.63) is 24.4 Å². The number of H-pyrrole nitrogens is 1. The Kier molecular flexibility index (Phi) is 3.64. The van der Waals surface area contributed by atoms with Crippen LogP contribution in [0.25, 0.3) is 10.9 Å². The normalized spacial score (nSPS) is 13.2. The summed E-state index contributed by atoms with van der Waals surface area (Å²) in [5, 5.41) is 11.6. The second-order valence-corrected chi connectivity index (χ2v) is 4.62. The number of fused-ring (bicyclic) bond motifs is 1. The van der Waals surface area contributed by atoms with Gasteiger partial charge < -0.3 is 10.1 Å². The van der Waals surface area contributed by atoms with Gasteiger partial charge in [-0.05, 0) is 24.1 Å². The largest absolute Gasteiger partial charge is 0.383 e. The number of nitrogens with zero attached hydrogens (tertiary/aromatic N) is 1. The minimum Gasteiger partial charge on any atom is -0.383 e. The summed E-state index contributed by atoms with van der Waals surface area (Å²) in [6.45, 7) is 5.08. The van der Waals surface area contributed by atoms with Crippen LogP contribution in [0.4, 0.5) is 5.69 Å². The summed E-state index contributed by atoms with van der Waals surface area (Å²) in [6.07, 6.45) is 1.83. The molecule has 1 heterocycles. The van der Waals surface area contributed by atoms with Gasteiger partial charge in [0.2, 0.25) is 0 Å². The molecule has 2 rings (SSSR count). The van der Waals surface area contributed by atoms with E-state index < -0.39 is 0 Å². The SMILES string of the molecule is COCC(Nc1ccc2cn[nH]c2c1)C(C)C. The Bertz CT molecular complexity index is 478. The van der Waals surface area contributed by atoms with Gasteiger partial charge in [0.15, 0.2) is 0 Å². The van der Waals surface area contributed by atoms with Crippen LogP contribution in [0.15, 0.2) is 24.4 Å². The van der Waals surface area contributed by atoms with Gasteiger partial charge >= 0.3 is 0 Å². The van der Waals surface area contributed by atoms with E-state index in [0.29, 0.717) is 18.6 Å². The number of anilines is 1. The molecule has 1 atom stereocenters. The number of nitrogens with one attached hydrogen (secondary N) is 2. The van der Waals surface area contributed by atoms with Crippen molar-refractivity contribution in [2.45, 2.75) is 19.9 Å². The van der Waals surface area contributed by atoms with Gasteiger partial charge in [-0.3, -0.25) is 5.10 Å². The second-order valence-electron chi connectivity index (χ2n) is 4.62. The average molecular weight is 233 g/mol. The van der Waals surface area contributed by atoms with Gasteiger partial charge in [-0.15, -0.1) is 0 Å².